The molecule has 0 aliphatic heterocycles. The molecule has 1 rings (SSSR count). The molecule has 6 heteroatoms. The zero-order valence-corrected chi connectivity index (χ0v) is 8.80. The second-order valence-corrected chi connectivity index (χ2v) is 4.34. The number of aliphatic carboxylic acids is 1. The molecule has 0 radical (unpaired) electrons. The fraction of sp³-hybridized carbons (Fsp3) is 0.556. The monoisotopic (exact) mass is 216 g/mol. The van der Waals surface area contributed by atoms with Gasteiger partial charge in [0.2, 0.25) is 5.82 Å². The second-order valence-electron chi connectivity index (χ2n) is 4.34. The number of nitrogens with zero attached hydrogens (tertiary/aromatic N) is 1. The van der Waals surface area contributed by atoms with Gasteiger partial charge in [0, 0.05) is 5.41 Å². The van der Waals surface area contributed by atoms with E-state index in [0.29, 0.717) is 0 Å². The quantitative estimate of drug-likeness (QED) is 0.764. The molecule has 0 saturated carbocycles. The van der Waals surface area contributed by atoms with Crippen molar-refractivity contribution in [1.29, 1.82) is 0 Å². The van der Waals surface area contributed by atoms with Crippen molar-refractivity contribution in [3.05, 3.63) is 21.9 Å². The van der Waals surface area contributed by atoms with Gasteiger partial charge in [0.1, 0.15) is 6.54 Å². The molecule has 15 heavy (non-hydrogen) atoms. The number of carboxylic acids is 1. The van der Waals surface area contributed by atoms with Crippen molar-refractivity contribution in [2.24, 2.45) is 0 Å². The zero-order chi connectivity index (χ0) is 11.8. The summed E-state index contributed by atoms with van der Waals surface area (Å²) in [4.78, 5) is 21.7. The van der Waals surface area contributed by atoms with E-state index in [1.165, 1.54) is 0 Å². The van der Waals surface area contributed by atoms with E-state index in [4.69, 9.17) is 5.11 Å². The first-order valence-electron chi connectivity index (χ1n) is 4.44. The lowest BCUT2D eigenvalue weighted by Gasteiger charge is -2.15. The molecule has 0 aliphatic carbocycles. The Morgan fingerprint density at radius 1 is 1.53 bits per heavy atom. The van der Waals surface area contributed by atoms with Gasteiger partial charge >= 0.3 is 11.5 Å². The highest BCUT2D eigenvalue weighted by Crippen LogP contribution is 2.20. The molecule has 0 fully saturated rings. The molecule has 0 aliphatic rings. The Morgan fingerprint density at radius 2 is 2.07 bits per heavy atom. The summed E-state index contributed by atoms with van der Waals surface area (Å²) in [5.41, 5.74) is -1.37. The summed E-state index contributed by atoms with van der Waals surface area (Å²) in [6.45, 7) is 4.62. The largest absolute Gasteiger partial charge is 0.480 e. The topological polar surface area (TPSA) is 75.1 Å². The minimum Gasteiger partial charge on any atom is -0.480 e. The van der Waals surface area contributed by atoms with E-state index in [2.05, 4.69) is 5.10 Å². The smallest absolute Gasteiger partial charge is 0.325 e. The normalized spacial score (nSPS) is 11.7. The van der Waals surface area contributed by atoms with Gasteiger partial charge in [0.25, 0.3) is 0 Å². The maximum Gasteiger partial charge on any atom is 0.325 e. The summed E-state index contributed by atoms with van der Waals surface area (Å²) in [6, 6.07) is 0. The van der Waals surface area contributed by atoms with Gasteiger partial charge in [-0.15, -0.1) is 0 Å². The number of halogens is 1. The van der Waals surface area contributed by atoms with Crippen molar-refractivity contribution in [1.82, 2.24) is 9.78 Å². The SMILES string of the molecule is CC(C)(C)c1[nH]n(CC(=O)O)c(=O)c1F. The molecule has 0 unspecified atom stereocenters. The second kappa shape index (κ2) is 3.52. The van der Waals surface area contributed by atoms with Gasteiger partial charge in [-0.2, -0.15) is 4.39 Å². The van der Waals surface area contributed by atoms with E-state index >= 15 is 0 Å². The Labute approximate surface area is 85.5 Å². The van der Waals surface area contributed by atoms with E-state index in [1.54, 1.807) is 20.8 Å². The molecule has 1 aromatic rings. The van der Waals surface area contributed by atoms with Crippen LogP contribution in [0.5, 0.6) is 0 Å². The van der Waals surface area contributed by atoms with Gasteiger partial charge in [-0.05, 0) is 0 Å². The molecule has 0 saturated heterocycles. The Balaban J connectivity index is 3.25. The summed E-state index contributed by atoms with van der Waals surface area (Å²) in [7, 11) is 0. The van der Waals surface area contributed by atoms with Crippen LogP contribution in [0.3, 0.4) is 0 Å². The van der Waals surface area contributed by atoms with Crippen molar-refractivity contribution in [3.8, 4) is 0 Å². The van der Waals surface area contributed by atoms with Gasteiger partial charge in [0.05, 0.1) is 5.69 Å². The van der Waals surface area contributed by atoms with Crippen LogP contribution in [0.25, 0.3) is 0 Å². The van der Waals surface area contributed by atoms with Gasteiger partial charge in [-0.3, -0.25) is 14.7 Å². The van der Waals surface area contributed by atoms with Crippen LogP contribution in [0.15, 0.2) is 4.79 Å². The summed E-state index contributed by atoms with van der Waals surface area (Å²) in [5.74, 6) is -2.11. The van der Waals surface area contributed by atoms with Crippen molar-refractivity contribution >= 4 is 5.97 Å². The van der Waals surface area contributed by atoms with Crippen LogP contribution in [-0.2, 0) is 16.8 Å². The summed E-state index contributed by atoms with van der Waals surface area (Å²) in [5, 5.41) is 11.0. The van der Waals surface area contributed by atoms with E-state index in [0.717, 1.165) is 4.68 Å². The average Bonchev–Trinajstić information content (AvgIpc) is 2.30. The average molecular weight is 216 g/mol. The van der Waals surface area contributed by atoms with Crippen LogP contribution in [0.1, 0.15) is 26.5 Å². The Hall–Kier alpha value is -1.59. The maximum atomic E-state index is 13.4. The Kier molecular flexibility index (Phi) is 2.70. The van der Waals surface area contributed by atoms with E-state index < -0.39 is 29.3 Å². The molecule has 0 atom stereocenters. The molecule has 84 valence electrons. The lowest BCUT2D eigenvalue weighted by atomic mass is 9.92. The lowest BCUT2D eigenvalue weighted by molar-refractivity contribution is -0.137. The third-order valence-electron chi connectivity index (χ3n) is 1.94. The van der Waals surface area contributed by atoms with E-state index in [-0.39, 0.29) is 5.69 Å². The highest BCUT2D eigenvalue weighted by molar-refractivity contribution is 5.66. The molecule has 0 bridgehead atoms. The number of H-pyrrole nitrogens is 1. The van der Waals surface area contributed by atoms with Crippen molar-refractivity contribution in [3.63, 3.8) is 0 Å². The first kappa shape index (κ1) is 11.5. The van der Waals surface area contributed by atoms with Gasteiger partial charge in [-0.1, -0.05) is 20.8 Å². The number of carboxylic acid groups (broad SMARTS) is 1. The number of carbonyl (C=O) groups is 1. The first-order valence-corrected chi connectivity index (χ1v) is 4.44. The summed E-state index contributed by atoms with van der Waals surface area (Å²) < 4.78 is 14.2. The van der Waals surface area contributed by atoms with Crippen LogP contribution >= 0.6 is 0 Å². The van der Waals surface area contributed by atoms with Gasteiger partial charge < -0.3 is 5.11 Å². The standard InChI is InChI=1S/C9H13FN2O3/c1-9(2,3)7-6(10)8(15)12(11-7)4-5(13)14/h11H,4H2,1-3H3,(H,13,14). The number of hydrogen-bond acceptors (Lipinski definition) is 2. The molecule has 5 nitrogen and oxygen atoms in total. The molecular formula is C9H13FN2O3. The molecule has 1 heterocycles. The van der Waals surface area contributed by atoms with Crippen LogP contribution < -0.4 is 5.56 Å². The van der Waals surface area contributed by atoms with Crippen LogP contribution in [0.4, 0.5) is 4.39 Å². The van der Waals surface area contributed by atoms with Crippen LogP contribution in [0, 0.1) is 5.82 Å². The Morgan fingerprint density at radius 3 is 2.40 bits per heavy atom. The van der Waals surface area contributed by atoms with Gasteiger partial charge in [0.15, 0.2) is 0 Å². The molecule has 0 spiro atoms. The number of aromatic nitrogens is 2. The third-order valence-corrected chi connectivity index (χ3v) is 1.94. The molecular weight excluding hydrogens is 203 g/mol. The number of aromatic amines is 1. The molecule has 2 N–H and O–H groups in total. The first-order chi connectivity index (χ1) is 6.73. The minimum atomic E-state index is -1.20. The van der Waals surface area contributed by atoms with Gasteiger partial charge in [-0.25, -0.2) is 4.68 Å². The van der Waals surface area contributed by atoms with E-state index in [9.17, 15) is 14.0 Å². The summed E-state index contributed by atoms with van der Waals surface area (Å²) >= 11 is 0. The van der Waals surface area contributed by atoms with Crippen molar-refractivity contribution in [2.45, 2.75) is 32.7 Å². The third kappa shape index (κ3) is 2.26. The van der Waals surface area contributed by atoms with Crippen molar-refractivity contribution < 1.29 is 14.3 Å². The summed E-state index contributed by atoms with van der Waals surface area (Å²) in [6.07, 6.45) is 0. The molecule has 1 aromatic heterocycles. The number of hydrogen-bond donors (Lipinski definition) is 2. The zero-order valence-electron chi connectivity index (χ0n) is 8.80. The highest BCUT2D eigenvalue weighted by atomic mass is 19.1. The molecule has 0 amide bonds. The fourth-order valence-electron chi connectivity index (χ4n) is 1.20. The molecule has 0 aromatic carbocycles. The predicted octanol–water partition coefficient (Wildman–Crippen LogP) is 0.698. The minimum absolute atomic E-state index is 0.119. The van der Waals surface area contributed by atoms with Crippen LogP contribution in [-0.4, -0.2) is 20.9 Å². The highest BCUT2D eigenvalue weighted by Gasteiger charge is 2.25. The maximum absolute atomic E-state index is 13.4. The lowest BCUT2D eigenvalue weighted by Crippen LogP contribution is -2.22. The predicted molar refractivity (Wildman–Crippen MR) is 51.3 cm³/mol. The Bertz CT molecular complexity index is 439. The van der Waals surface area contributed by atoms with E-state index in [1.807, 2.05) is 0 Å². The number of rotatable bonds is 2. The fourth-order valence-corrected chi connectivity index (χ4v) is 1.20. The van der Waals surface area contributed by atoms with Crippen LogP contribution in [0.2, 0.25) is 0 Å². The number of nitrogens with one attached hydrogen (secondary N) is 1. The van der Waals surface area contributed by atoms with Crippen molar-refractivity contribution in [2.75, 3.05) is 0 Å².